The van der Waals surface area contributed by atoms with Crippen LogP contribution in [0.3, 0.4) is 0 Å². The highest BCUT2D eigenvalue weighted by Gasteiger charge is 2.20. The summed E-state index contributed by atoms with van der Waals surface area (Å²) in [5.41, 5.74) is 4.88. The first-order chi connectivity index (χ1) is 9.58. The van der Waals surface area contributed by atoms with Crippen LogP contribution in [0.5, 0.6) is 0 Å². The number of amides is 1. The SMILES string of the molecule is Nc1cc(C(=O)NCCc2ncon2)c([N+](=O)[O-])cn1. The molecule has 0 bridgehead atoms. The minimum atomic E-state index is -0.694. The molecule has 0 atom stereocenters. The van der Waals surface area contributed by atoms with Gasteiger partial charge in [-0.15, -0.1) is 0 Å². The zero-order valence-electron chi connectivity index (χ0n) is 10.1. The van der Waals surface area contributed by atoms with Gasteiger partial charge in [0, 0.05) is 13.0 Å². The molecular formula is C10H10N6O4. The fourth-order valence-electron chi connectivity index (χ4n) is 1.48. The smallest absolute Gasteiger partial charge is 0.300 e. The lowest BCUT2D eigenvalue weighted by Gasteiger charge is -2.05. The summed E-state index contributed by atoms with van der Waals surface area (Å²) >= 11 is 0. The first-order valence-corrected chi connectivity index (χ1v) is 5.51. The third-order valence-electron chi connectivity index (χ3n) is 2.39. The fraction of sp³-hybridized carbons (Fsp3) is 0.200. The van der Waals surface area contributed by atoms with Crippen LogP contribution < -0.4 is 11.1 Å². The molecule has 0 aliphatic rings. The maximum atomic E-state index is 11.9. The van der Waals surface area contributed by atoms with Crippen molar-refractivity contribution >= 4 is 17.4 Å². The van der Waals surface area contributed by atoms with Crippen molar-refractivity contribution in [2.45, 2.75) is 6.42 Å². The molecule has 20 heavy (non-hydrogen) atoms. The van der Waals surface area contributed by atoms with Crippen molar-refractivity contribution in [3.8, 4) is 0 Å². The van der Waals surface area contributed by atoms with Gasteiger partial charge < -0.3 is 15.6 Å². The number of hydrogen-bond donors (Lipinski definition) is 2. The van der Waals surface area contributed by atoms with E-state index in [1.807, 2.05) is 0 Å². The van der Waals surface area contributed by atoms with Gasteiger partial charge >= 0.3 is 0 Å². The molecule has 0 aliphatic carbocycles. The van der Waals surface area contributed by atoms with Gasteiger partial charge in [0.05, 0.1) is 4.92 Å². The van der Waals surface area contributed by atoms with E-state index in [2.05, 4.69) is 25.0 Å². The molecule has 0 aromatic carbocycles. The summed E-state index contributed by atoms with van der Waals surface area (Å²) in [4.78, 5) is 29.4. The molecule has 0 radical (unpaired) electrons. The van der Waals surface area contributed by atoms with Crippen molar-refractivity contribution in [2.24, 2.45) is 0 Å². The van der Waals surface area contributed by atoms with E-state index >= 15 is 0 Å². The lowest BCUT2D eigenvalue weighted by molar-refractivity contribution is -0.385. The molecule has 2 aromatic heterocycles. The van der Waals surface area contributed by atoms with E-state index in [1.54, 1.807) is 0 Å². The molecule has 0 fully saturated rings. The molecule has 104 valence electrons. The van der Waals surface area contributed by atoms with E-state index in [1.165, 1.54) is 6.39 Å². The number of anilines is 1. The molecule has 0 unspecified atom stereocenters. The highest BCUT2D eigenvalue weighted by atomic mass is 16.6. The maximum Gasteiger partial charge on any atom is 0.300 e. The second kappa shape index (κ2) is 5.73. The zero-order valence-corrected chi connectivity index (χ0v) is 10.1. The van der Waals surface area contributed by atoms with Crippen molar-refractivity contribution in [3.05, 3.63) is 40.2 Å². The maximum absolute atomic E-state index is 11.9. The lowest BCUT2D eigenvalue weighted by atomic mass is 10.2. The molecule has 2 heterocycles. The van der Waals surface area contributed by atoms with Crippen LogP contribution in [-0.2, 0) is 6.42 Å². The van der Waals surface area contributed by atoms with Crippen LogP contribution in [0.4, 0.5) is 11.5 Å². The van der Waals surface area contributed by atoms with Crippen LogP contribution in [0.15, 0.2) is 23.2 Å². The number of rotatable bonds is 5. The van der Waals surface area contributed by atoms with E-state index in [0.29, 0.717) is 12.2 Å². The summed E-state index contributed by atoms with van der Waals surface area (Å²) in [6.45, 7) is 0.206. The van der Waals surface area contributed by atoms with Crippen LogP contribution >= 0.6 is 0 Å². The number of nitro groups is 1. The van der Waals surface area contributed by atoms with Crippen molar-refractivity contribution in [1.29, 1.82) is 0 Å². The number of pyridine rings is 1. The van der Waals surface area contributed by atoms with Crippen molar-refractivity contribution in [1.82, 2.24) is 20.4 Å². The zero-order chi connectivity index (χ0) is 14.5. The third-order valence-corrected chi connectivity index (χ3v) is 2.39. The van der Waals surface area contributed by atoms with Crippen LogP contribution in [0.1, 0.15) is 16.2 Å². The molecule has 0 spiro atoms. The Labute approximate surface area is 112 Å². The monoisotopic (exact) mass is 278 g/mol. The van der Waals surface area contributed by atoms with E-state index < -0.39 is 16.5 Å². The van der Waals surface area contributed by atoms with Crippen molar-refractivity contribution in [3.63, 3.8) is 0 Å². The summed E-state index contributed by atoms with van der Waals surface area (Å²) in [6, 6.07) is 1.15. The van der Waals surface area contributed by atoms with Gasteiger partial charge in [-0.1, -0.05) is 5.16 Å². The lowest BCUT2D eigenvalue weighted by Crippen LogP contribution is -2.27. The molecule has 2 aromatic rings. The minimum Gasteiger partial charge on any atom is -0.384 e. The molecule has 0 saturated carbocycles. The average molecular weight is 278 g/mol. The van der Waals surface area contributed by atoms with Crippen LogP contribution in [0.25, 0.3) is 0 Å². The minimum absolute atomic E-state index is 0.0268. The highest BCUT2D eigenvalue weighted by Crippen LogP contribution is 2.18. The number of nitrogens with two attached hydrogens (primary N) is 1. The molecule has 3 N–H and O–H groups in total. The van der Waals surface area contributed by atoms with Crippen LogP contribution in [0, 0.1) is 10.1 Å². The number of aromatic nitrogens is 3. The Balaban J connectivity index is 2.05. The van der Waals surface area contributed by atoms with Gasteiger partial charge in [0.25, 0.3) is 11.6 Å². The molecule has 0 saturated heterocycles. The Hall–Kier alpha value is -3.04. The Morgan fingerprint density at radius 1 is 1.50 bits per heavy atom. The Bertz CT molecular complexity index is 627. The summed E-state index contributed by atoms with van der Waals surface area (Å²) in [7, 11) is 0. The predicted molar refractivity (Wildman–Crippen MR) is 65.6 cm³/mol. The van der Waals surface area contributed by atoms with Gasteiger partial charge in [-0.2, -0.15) is 4.98 Å². The second-order valence-corrected chi connectivity index (χ2v) is 3.74. The highest BCUT2D eigenvalue weighted by molar-refractivity contribution is 5.98. The Kier molecular flexibility index (Phi) is 3.84. The number of carbonyl (C=O) groups is 1. The van der Waals surface area contributed by atoms with E-state index in [-0.39, 0.29) is 17.9 Å². The van der Waals surface area contributed by atoms with Gasteiger partial charge in [-0.05, 0) is 6.07 Å². The topological polar surface area (TPSA) is 150 Å². The van der Waals surface area contributed by atoms with Crippen molar-refractivity contribution < 1.29 is 14.2 Å². The summed E-state index contributed by atoms with van der Waals surface area (Å²) in [5, 5.41) is 16.9. The molecule has 0 aliphatic heterocycles. The Morgan fingerprint density at radius 3 is 2.95 bits per heavy atom. The van der Waals surface area contributed by atoms with E-state index in [4.69, 9.17) is 5.73 Å². The van der Waals surface area contributed by atoms with Crippen molar-refractivity contribution in [2.75, 3.05) is 12.3 Å². The van der Waals surface area contributed by atoms with Gasteiger partial charge in [0.1, 0.15) is 17.6 Å². The second-order valence-electron chi connectivity index (χ2n) is 3.74. The fourth-order valence-corrected chi connectivity index (χ4v) is 1.48. The first-order valence-electron chi connectivity index (χ1n) is 5.51. The van der Waals surface area contributed by atoms with Gasteiger partial charge in [0.15, 0.2) is 5.82 Å². The predicted octanol–water partition coefficient (Wildman–Crippen LogP) is -0.0725. The largest absolute Gasteiger partial charge is 0.384 e. The van der Waals surface area contributed by atoms with Crippen LogP contribution in [0.2, 0.25) is 0 Å². The number of nitrogen functional groups attached to an aromatic ring is 1. The molecule has 1 amide bonds. The standard InChI is InChI=1S/C10H10N6O4/c11-8-3-6(7(4-13-8)16(18)19)10(17)12-2-1-9-14-5-20-15-9/h3-5H,1-2H2,(H2,11,13)(H,12,17). The van der Waals surface area contributed by atoms with Gasteiger partial charge in [0.2, 0.25) is 6.39 Å². The van der Waals surface area contributed by atoms with Gasteiger partial charge in [-0.25, -0.2) is 4.98 Å². The third kappa shape index (κ3) is 3.04. The van der Waals surface area contributed by atoms with E-state index in [9.17, 15) is 14.9 Å². The number of hydrogen-bond acceptors (Lipinski definition) is 8. The summed E-state index contributed by atoms with van der Waals surface area (Å²) in [5.74, 6) is -0.165. The summed E-state index contributed by atoms with van der Waals surface area (Å²) < 4.78 is 4.54. The number of carbonyl (C=O) groups excluding carboxylic acids is 1. The number of nitrogens with one attached hydrogen (secondary N) is 1. The molecule has 10 heteroatoms. The normalized spacial score (nSPS) is 10.2. The van der Waals surface area contributed by atoms with Crippen LogP contribution in [-0.4, -0.2) is 32.5 Å². The first kappa shape index (κ1) is 13.4. The van der Waals surface area contributed by atoms with Gasteiger partial charge in [-0.3, -0.25) is 14.9 Å². The molecular weight excluding hydrogens is 268 g/mol. The molecule has 2 rings (SSSR count). The number of nitrogens with zero attached hydrogens (tertiary/aromatic N) is 4. The molecule has 10 nitrogen and oxygen atoms in total. The van der Waals surface area contributed by atoms with E-state index in [0.717, 1.165) is 12.3 Å². The Morgan fingerprint density at radius 2 is 2.30 bits per heavy atom. The quantitative estimate of drug-likeness (QED) is 0.569. The average Bonchev–Trinajstić information content (AvgIpc) is 2.91. The summed E-state index contributed by atoms with van der Waals surface area (Å²) in [6.07, 6.45) is 2.46.